The number of aromatic nitrogens is 2. The quantitative estimate of drug-likeness (QED) is 0.908. The number of aryl methyl sites for hydroxylation is 2. The average molecular weight is 271 g/mol. The van der Waals surface area contributed by atoms with Gasteiger partial charge in [-0.05, 0) is 26.3 Å². The smallest absolute Gasteiger partial charge is 0.132 e. The van der Waals surface area contributed by atoms with E-state index >= 15 is 0 Å². The minimum Gasteiger partial charge on any atom is -0.387 e. The van der Waals surface area contributed by atoms with E-state index in [0.717, 1.165) is 23.6 Å². The van der Waals surface area contributed by atoms with Crippen LogP contribution in [0.5, 0.6) is 0 Å². The van der Waals surface area contributed by atoms with Crippen LogP contribution in [0.2, 0.25) is 0 Å². The number of rotatable bonds is 5. The van der Waals surface area contributed by atoms with Gasteiger partial charge in [-0.3, -0.25) is 0 Å². The molecule has 0 aliphatic heterocycles. The zero-order valence-electron chi connectivity index (χ0n) is 12.2. The number of benzene rings is 1. The Morgan fingerprint density at radius 3 is 2.45 bits per heavy atom. The lowest BCUT2D eigenvalue weighted by molar-refractivity contribution is 0.183. The Bertz CT molecular complexity index is 554. The van der Waals surface area contributed by atoms with Crippen molar-refractivity contribution in [3.05, 3.63) is 53.5 Å². The average Bonchev–Trinajstić information content (AvgIpc) is 2.45. The van der Waals surface area contributed by atoms with Crippen LogP contribution in [-0.4, -0.2) is 28.2 Å². The van der Waals surface area contributed by atoms with Gasteiger partial charge in [0.05, 0.1) is 6.10 Å². The molecule has 1 heterocycles. The summed E-state index contributed by atoms with van der Waals surface area (Å²) >= 11 is 0. The van der Waals surface area contributed by atoms with E-state index in [4.69, 9.17) is 0 Å². The molecule has 2 rings (SSSR count). The molecule has 0 aliphatic carbocycles. The van der Waals surface area contributed by atoms with Crippen LogP contribution in [0.25, 0.3) is 0 Å². The van der Waals surface area contributed by atoms with Crippen molar-refractivity contribution >= 4 is 5.82 Å². The normalized spacial score (nSPS) is 12.2. The van der Waals surface area contributed by atoms with Crippen LogP contribution in [0.1, 0.15) is 29.8 Å². The van der Waals surface area contributed by atoms with Crippen LogP contribution in [-0.2, 0) is 0 Å². The van der Waals surface area contributed by atoms with Gasteiger partial charge in [-0.15, -0.1) is 0 Å². The highest BCUT2D eigenvalue weighted by Crippen LogP contribution is 2.18. The Hall–Kier alpha value is -1.94. The molecule has 20 heavy (non-hydrogen) atoms. The van der Waals surface area contributed by atoms with Crippen molar-refractivity contribution in [2.45, 2.75) is 26.9 Å². The van der Waals surface area contributed by atoms with Gasteiger partial charge in [-0.1, -0.05) is 29.8 Å². The number of likely N-dealkylation sites (N-methyl/N-ethyl adjacent to an activating group) is 1. The number of aliphatic hydroxyl groups excluding tert-OH is 1. The third-order valence-electron chi connectivity index (χ3n) is 3.35. The second kappa shape index (κ2) is 6.48. The van der Waals surface area contributed by atoms with Crippen molar-refractivity contribution < 1.29 is 5.11 Å². The molecule has 0 saturated heterocycles. The van der Waals surface area contributed by atoms with Gasteiger partial charge < -0.3 is 10.0 Å². The molecule has 106 valence electrons. The van der Waals surface area contributed by atoms with Crippen molar-refractivity contribution in [1.82, 2.24) is 9.97 Å². The summed E-state index contributed by atoms with van der Waals surface area (Å²) < 4.78 is 0. The summed E-state index contributed by atoms with van der Waals surface area (Å²) in [6, 6.07) is 9.91. The summed E-state index contributed by atoms with van der Waals surface area (Å²) in [5, 5.41) is 10.4. The molecule has 0 aliphatic rings. The first-order valence-electron chi connectivity index (χ1n) is 6.88. The standard InChI is InChI=1S/C16H21N3O/c1-4-19(16-9-13(3)17-11-18-16)10-15(20)14-7-5-12(2)6-8-14/h5-9,11,15,20H,4,10H2,1-3H3. The fourth-order valence-corrected chi connectivity index (χ4v) is 2.10. The van der Waals surface area contributed by atoms with Crippen molar-refractivity contribution in [3.8, 4) is 0 Å². The summed E-state index contributed by atoms with van der Waals surface area (Å²) in [5.41, 5.74) is 3.05. The van der Waals surface area contributed by atoms with E-state index in [0.29, 0.717) is 6.54 Å². The van der Waals surface area contributed by atoms with Crippen molar-refractivity contribution in [1.29, 1.82) is 0 Å². The van der Waals surface area contributed by atoms with Gasteiger partial charge in [0.2, 0.25) is 0 Å². The van der Waals surface area contributed by atoms with Crippen LogP contribution >= 0.6 is 0 Å². The number of aliphatic hydroxyl groups is 1. The Labute approximate surface area is 120 Å². The zero-order chi connectivity index (χ0) is 14.5. The van der Waals surface area contributed by atoms with E-state index in [1.54, 1.807) is 6.33 Å². The Kier molecular flexibility index (Phi) is 4.69. The summed E-state index contributed by atoms with van der Waals surface area (Å²) in [4.78, 5) is 10.4. The van der Waals surface area contributed by atoms with Gasteiger partial charge in [0, 0.05) is 24.8 Å². The number of nitrogens with zero attached hydrogens (tertiary/aromatic N) is 3. The molecule has 0 fully saturated rings. The molecule has 1 N–H and O–H groups in total. The molecule has 4 nitrogen and oxygen atoms in total. The predicted octanol–water partition coefficient (Wildman–Crippen LogP) is 2.65. The minimum atomic E-state index is -0.522. The Balaban J connectivity index is 2.11. The fourth-order valence-electron chi connectivity index (χ4n) is 2.10. The topological polar surface area (TPSA) is 49.2 Å². The van der Waals surface area contributed by atoms with Crippen LogP contribution in [0.3, 0.4) is 0 Å². The third-order valence-corrected chi connectivity index (χ3v) is 3.35. The molecule has 0 radical (unpaired) electrons. The van der Waals surface area contributed by atoms with Crippen molar-refractivity contribution in [3.63, 3.8) is 0 Å². The molecule has 0 spiro atoms. The molecule has 1 atom stereocenters. The maximum Gasteiger partial charge on any atom is 0.132 e. The number of hydrogen-bond acceptors (Lipinski definition) is 4. The minimum absolute atomic E-state index is 0.522. The highest BCUT2D eigenvalue weighted by molar-refractivity contribution is 5.39. The fraction of sp³-hybridized carbons (Fsp3) is 0.375. The summed E-state index contributed by atoms with van der Waals surface area (Å²) in [6.45, 7) is 7.35. The van der Waals surface area contributed by atoms with Gasteiger partial charge in [0.25, 0.3) is 0 Å². The molecule has 2 aromatic rings. The maximum atomic E-state index is 10.4. The summed E-state index contributed by atoms with van der Waals surface area (Å²) in [7, 11) is 0. The highest BCUT2D eigenvalue weighted by Gasteiger charge is 2.14. The number of hydrogen-bond donors (Lipinski definition) is 1. The lowest BCUT2D eigenvalue weighted by Crippen LogP contribution is -2.29. The monoisotopic (exact) mass is 271 g/mol. The van der Waals surface area contributed by atoms with E-state index < -0.39 is 6.10 Å². The second-order valence-electron chi connectivity index (χ2n) is 4.98. The van der Waals surface area contributed by atoms with Crippen molar-refractivity contribution in [2.75, 3.05) is 18.0 Å². The predicted molar refractivity (Wildman–Crippen MR) is 80.8 cm³/mol. The van der Waals surface area contributed by atoms with Gasteiger partial charge >= 0.3 is 0 Å². The molecule has 1 aromatic carbocycles. The van der Waals surface area contributed by atoms with E-state index in [2.05, 4.69) is 21.8 Å². The van der Waals surface area contributed by atoms with E-state index in [-0.39, 0.29) is 0 Å². The highest BCUT2D eigenvalue weighted by atomic mass is 16.3. The zero-order valence-corrected chi connectivity index (χ0v) is 12.2. The first kappa shape index (κ1) is 14.5. The van der Waals surface area contributed by atoms with E-state index in [1.807, 2.05) is 44.2 Å². The first-order valence-corrected chi connectivity index (χ1v) is 6.88. The molecular weight excluding hydrogens is 250 g/mol. The van der Waals surface area contributed by atoms with Crippen LogP contribution < -0.4 is 4.90 Å². The third kappa shape index (κ3) is 3.54. The van der Waals surface area contributed by atoms with Crippen LogP contribution in [0.4, 0.5) is 5.82 Å². The molecule has 4 heteroatoms. The molecule has 1 aromatic heterocycles. The SMILES string of the molecule is CCN(CC(O)c1ccc(C)cc1)c1cc(C)ncn1. The van der Waals surface area contributed by atoms with Gasteiger partial charge in [-0.25, -0.2) is 9.97 Å². The number of anilines is 1. The first-order chi connectivity index (χ1) is 9.60. The molecular formula is C16H21N3O. The van der Waals surface area contributed by atoms with Gasteiger partial charge in [0.1, 0.15) is 12.1 Å². The molecule has 0 saturated carbocycles. The van der Waals surface area contributed by atoms with E-state index in [9.17, 15) is 5.11 Å². The van der Waals surface area contributed by atoms with E-state index in [1.165, 1.54) is 5.56 Å². The van der Waals surface area contributed by atoms with Crippen LogP contribution in [0.15, 0.2) is 36.7 Å². The molecule has 0 amide bonds. The van der Waals surface area contributed by atoms with Crippen molar-refractivity contribution in [2.24, 2.45) is 0 Å². The summed E-state index contributed by atoms with van der Waals surface area (Å²) in [6.07, 6.45) is 1.04. The molecule has 1 unspecified atom stereocenters. The Morgan fingerprint density at radius 2 is 1.85 bits per heavy atom. The molecule has 0 bridgehead atoms. The second-order valence-corrected chi connectivity index (χ2v) is 4.98. The lowest BCUT2D eigenvalue weighted by Gasteiger charge is -2.25. The van der Waals surface area contributed by atoms with Gasteiger partial charge in [0.15, 0.2) is 0 Å². The maximum absolute atomic E-state index is 10.4. The van der Waals surface area contributed by atoms with Crippen LogP contribution in [0, 0.1) is 13.8 Å². The Morgan fingerprint density at radius 1 is 1.15 bits per heavy atom. The largest absolute Gasteiger partial charge is 0.387 e. The van der Waals surface area contributed by atoms with Gasteiger partial charge in [-0.2, -0.15) is 0 Å². The lowest BCUT2D eigenvalue weighted by atomic mass is 10.1. The summed E-state index contributed by atoms with van der Waals surface area (Å²) in [5.74, 6) is 0.853.